The molecule has 1 atom stereocenters. The number of fused-ring (bicyclic) bond motifs is 1. The molecule has 0 aliphatic rings. The lowest BCUT2D eigenvalue weighted by Crippen LogP contribution is -2.05. The largest absolute Gasteiger partial charge is 0.455 e. The van der Waals surface area contributed by atoms with E-state index in [0.29, 0.717) is 16.7 Å². The van der Waals surface area contributed by atoms with Gasteiger partial charge in [-0.25, -0.2) is 0 Å². The van der Waals surface area contributed by atoms with E-state index in [1.54, 1.807) is 19.2 Å². The maximum absolute atomic E-state index is 12.4. The first-order valence-corrected chi connectivity index (χ1v) is 7.39. The molecule has 2 aromatic carbocycles. The summed E-state index contributed by atoms with van der Waals surface area (Å²) in [6, 6.07) is 16.8. The smallest absolute Gasteiger partial charge is 0.193 e. The van der Waals surface area contributed by atoms with E-state index in [2.05, 4.69) is 0 Å². The SMILES string of the molecule is CCC(OC)c1cccc2c(=O)cc(-c3ccccc3)oc12. The lowest BCUT2D eigenvalue weighted by atomic mass is 10.0. The quantitative estimate of drug-likeness (QED) is 0.708. The summed E-state index contributed by atoms with van der Waals surface area (Å²) in [5, 5.41) is 0.590. The van der Waals surface area contributed by atoms with E-state index >= 15 is 0 Å². The van der Waals surface area contributed by atoms with Crippen LogP contribution in [0.25, 0.3) is 22.3 Å². The fourth-order valence-electron chi connectivity index (χ4n) is 2.71. The zero-order chi connectivity index (χ0) is 15.5. The Bertz CT molecular complexity index is 830. The maximum atomic E-state index is 12.4. The molecule has 0 radical (unpaired) electrons. The predicted molar refractivity (Wildman–Crippen MR) is 88.0 cm³/mol. The second kappa shape index (κ2) is 6.16. The lowest BCUT2D eigenvalue weighted by Gasteiger charge is -2.15. The van der Waals surface area contributed by atoms with Crippen LogP contribution in [0.1, 0.15) is 25.0 Å². The van der Waals surface area contributed by atoms with Crippen LogP contribution in [-0.4, -0.2) is 7.11 Å². The Hall–Kier alpha value is -2.39. The number of hydrogen-bond donors (Lipinski definition) is 0. The lowest BCUT2D eigenvalue weighted by molar-refractivity contribution is 0.100. The number of benzene rings is 2. The van der Waals surface area contributed by atoms with Crippen LogP contribution in [-0.2, 0) is 4.74 Å². The molecule has 22 heavy (non-hydrogen) atoms. The van der Waals surface area contributed by atoms with Crippen molar-refractivity contribution in [2.24, 2.45) is 0 Å². The molecule has 0 fully saturated rings. The molecule has 3 aromatic rings. The monoisotopic (exact) mass is 294 g/mol. The first-order valence-electron chi connectivity index (χ1n) is 7.39. The molecule has 0 saturated heterocycles. The molecule has 1 aromatic heterocycles. The highest BCUT2D eigenvalue weighted by molar-refractivity contribution is 5.82. The van der Waals surface area contributed by atoms with E-state index in [4.69, 9.17) is 9.15 Å². The summed E-state index contributed by atoms with van der Waals surface area (Å²) in [7, 11) is 1.67. The minimum Gasteiger partial charge on any atom is -0.455 e. The molecule has 0 bridgehead atoms. The summed E-state index contributed by atoms with van der Waals surface area (Å²) >= 11 is 0. The molecule has 1 heterocycles. The van der Waals surface area contributed by atoms with E-state index < -0.39 is 0 Å². The molecular formula is C19H18O3. The third-order valence-electron chi connectivity index (χ3n) is 3.85. The highest BCUT2D eigenvalue weighted by Gasteiger charge is 2.16. The molecule has 3 rings (SSSR count). The van der Waals surface area contributed by atoms with Gasteiger partial charge < -0.3 is 9.15 Å². The van der Waals surface area contributed by atoms with Crippen LogP contribution >= 0.6 is 0 Å². The average molecular weight is 294 g/mol. The predicted octanol–water partition coefficient (Wildman–Crippen LogP) is 4.56. The normalized spacial score (nSPS) is 12.5. The van der Waals surface area contributed by atoms with Crippen molar-refractivity contribution in [3.63, 3.8) is 0 Å². The molecule has 3 heteroatoms. The third kappa shape index (κ3) is 2.55. The molecule has 0 aliphatic carbocycles. The Morgan fingerprint density at radius 1 is 1.09 bits per heavy atom. The van der Waals surface area contributed by atoms with Gasteiger partial charge in [-0.1, -0.05) is 49.4 Å². The van der Waals surface area contributed by atoms with Crippen LogP contribution in [0.2, 0.25) is 0 Å². The third-order valence-corrected chi connectivity index (χ3v) is 3.85. The Morgan fingerprint density at radius 3 is 2.55 bits per heavy atom. The number of para-hydroxylation sites is 1. The van der Waals surface area contributed by atoms with Crippen LogP contribution in [0.5, 0.6) is 0 Å². The average Bonchev–Trinajstić information content (AvgIpc) is 2.57. The van der Waals surface area contributed by atoms with Crippen molar-refractivity contribution >= 4 is 11.0 Å². The van der Waals surface area contributed by atoms with E-state index in [0.717, 1.165) is 17.5 Å². The molecule has 0 spiro atoms. The van der Waals surface area contributed by atoms with Crippen molar-refractivity contribution in [1.29, 1.82) is 0 Å². The van der Waals surface area contributed by atoms with Gasteiger partial charge in [-0.15, -0.1) is 0 Å². The van der Waals surface area contributed by atoms with Gasteiger partial charge in [-0.3, -0.25) is 4.79 Å². The van der Waals surface area contributed by atoms with Crippen LogP contribution < -0.4 is 5.43 Å². The molecule has 112 valence electrons. The van der Waals surface area contributed by atoms with Crippen molar-refractivity contribution in [1.82, 2.24) is 0 Å². The van der Waals surface area contributed by atoms with Gasteiger partial charge in [0.2, 0.25) is 0 Å². The van der Waals surface area contributed by atoms with Crippen molar-refractivity contribution in [3.8, 4) is 11.3 Å². The molecule has 0 N–H and O–H groups in total. The van der Waals surface area contributed by atoms with E-state index in [1.807, 2.05) is 49.4 Å². The van der Waals surface area contributed by atoms with Crippen molar-refractivity contribution in [2.75, 3.05) is 7.11 Å². The van der Waals surface area contributed by atoms with Crippen molar-refractivity contribution in [2.45, 2.75) is 19.4 Å². The molecule has 0 amide bonds. The molecule has 1 unspecified atom stereocenters. The van der Waals surface area contributed by atoms with Crippen molar-refractivity contribution < 1.29 is 9.15 Å². The Balaban J connectivity index is 2.28. The summed E-state index contributed by atoms with van der Waals surface area (Å²) in [5.41, 5.74) is 2.38. The Labute approximate surface area is 129 Å². The van der Waals surface area contributed by atoms with E-state index in [-0.39, 0.29) is 11.5 Å². The first-order chi connectivity index (χ1) is 10.7. The van der Waals surface area contributed by atoms with Gasteiger partial charge in [-0.05, 0) is 12.5 Å². The van der Waals surface area contributed by atoms with Crippen LogP contribution in [0.15, 0.2) is 63.8 Å². The van der Waals surface area contributed by atoms with Gasteiger partial charge in [0.05, 0.1) is 11.5 Å². The summed E-state index contributed by atoms with van der Waals surface area (Å²) in [6.07, 6.45) is 0.729. The van der Waals surface area contributed by atoms with Gasteiger partial charge in [0.25, 0.3) is 0 Å². The van der Waals surface area contributed by atoms with Gasteiger partial charge in [0.15, 0.2) is 5.43 Å². The zero-order valence-corrected chi connectivity index (χ0v) is 12.7. The molecular weight excluding hydrogens is 276 g/mol. The van der Waals surface area contributed by atoms with Gasteiger partial charge >= 0.3 is 0 Å². The molecule has 0 saturated carbocycles. The standard InChI is InChI=1S/C19H18O3/c1-3-17(21-2)15-11-7-10-14-16(20)12-18(22-19(14)15)13-8-5-4-6-9-13/h4-12,17H,3H2,1-2H3. The highest BCUT2D eigenvalue weighted by Crippen LogP contribution is 2.30. The van der Waals surface area contributed by atoms with Gasteiger partial charge in [0, 0.05) is 24.3 Å². The number of methoxy groups -OCH3 is 1. The highest BCUT2D eigenvalue weighted by atomic mass is 16.5. The Morgan fingerprint density at radius 2 is 1.86 bits per heavy atom. The number of ether oxygens (including phenoxy) is 1. The maximum Gasteiger partial charge on any atom is 0.193 e. The second-order valence-corrected chi connectivity index (χ2v) is 5.20. The number of rotatable bonds is 4. The van der Waals surface area contributed by atoms with Crippen LogP contribution in [0.3, 0.4) is 0 Å². The Kier molecular flexibility index (Phi) is 4.07. The zero-order valence-electron chi connectivity index (χ0n) is 12.7. The number of hydrogen-bond acceptors (Lipinski definition) is 3. The summed E-state index contributed by atoms with van der Waals surface area (Å²) < 4.78 is 11.6. The van der Waals surface area contributed by atoms with Crippen LogP contribution in [0.4, 0.5) is 0 Å². The van der Waals surface area contributed by atoms with Gasteiger partial charge in [0.1, 0.15) is 11.3 Å². The van der Waals surface area contributed by atoms with Crippen LogP contribution in [0, 0.1) is 0 Å². The molecule has 3 nitrogen and oxygen atoms in total. The summed E-state index contributed by atoms with van der Waals surface area (Å²) in [6.45, 7) is 2.05. The van der Waals surface area contributed by atoms with E-state index in [9.17, 15) is 4.79 Å². The minimum absolute atomic E-state index is 0.0343. The minimum atomic E-state index is -0.0853. The van der Waals surface area contributed by atoms with Gasteiger partial charge in [-0.2, -0.15) is 0 Å². The topological polar surface area (TPSA) is 39.4 Å². The second-order valence-electron chi connectivity index (χ2n) is 5.20. The first kappa shape index (κ1) is 14.5. The van der Waals surface area contributed by atoms with E-state index in [1.165, 1.54) is 0 Å². The fourth-order valence-corrected chi connectivity index (χ4v) is 2.71. The molecule has 0 aliphatic heterocycles. The summed E-state index contributed by atoms with van der Waals surface area (Å²) in [5.74, 6) is 0.580. The fraction of sp³-hybridized carbons (Fsp3) is 0.211. The summed E-state index contributed by atoms with van der Waals surface area (Å²) in [4.78, 5) is 12.4. The van der Waals surface area contributed by atoms with Crippen molar-refractivity contribution in [3.05, 3.63) is 70.4 Å².